The highest BCUT2D eigenvalue weighted by Crippen LogP contribution is 2.52. The van der Waals surface area contributed by atoms with Gasteiger partial charge in [0, 0.05) is 50.3 Å². The number of hydrogen-bond donors (Lipinski definition) is 1. The first-order valence-electron chi connectivity index (χ1n) is 13.1. The van der Waals surface area contributed by atoms with Crippen molar-refractivity contribution in [3.63, 3.8) is 0 Å². The predicted molar refractivity (Wildman–Crippen MR) is 126 cm³/mol. The van der Waals surface area contributed by atoms with E-state index in [0.717, 1.165) is 50.5 Å². The number of rotatable bonds is 5. The van der Waals surface area contributed by atoms with Gasteiger partial charge in [0.1, 0.15) is 0 Å². The first-order valence-corrected chi connectivity index (χ1v) is 13.1. The maximum atomic E-state index is 13.4. The zero-order valence-corrected chi connectivity index (χ0v) is 19.9. The molecule has 1 N–H and O–H groups in total. The van der Waals surface area contributed by atoms with Crippen LogP contribution in [0.15, 0.2) is 18.3 Å². The quantitative estimate of drug-likeness (QED) is 0.732. The summed E-state index contributed by atoms with van der Waals surface area (Å²) in [6.45, 7) is 6.00. The Morgan fingerprint density at radius 1 is 1.16 bits per heavy atom. The summed E-state index contributed by atoms with van der Waals surface area (Å²) in [7, 11) is 0. The summed E-state index contributed by atoms with van der Waals surface area (Å²) in [4.78, 5) is 22.5. The van der Waals surface area contributed by atoms with Crippen LogP contribution in [-0.4, -0.2) is 51.0 Å². The van der Waals surface area contributed by atoms with E-state index in [1.165, 1.54) is 50.5 Å². The highest BCUT2D eigenvalue weighted by molar-refractivity contribution is 5.78. The Morgan fingerprint density at radius 2 is 1.94 bits per heavy atom. The molecule has 2 aliphatic heterocycles. The van der Waals surface area contributed by atoms with Crippen molar-refractivity contribution in [2.45, 2.75) is 96.2 Å². The van der Waals surface area contributed by atoms with Gasteiger partial charge < -0.3 is 10.0 Å². The van der Waals surface area contributed by atoms with Gasteiger partial charge in [-0.25, -0.2) is 0 Å². The molecule has 1 saturated heterocycles. The molecule has 176 valence electrons. The van der Waals surface area contributed by atoms with Crippen LogP contribution >= 0.6 is 0 Å². The Hall–Kier alpha value is -1.46. The van der Waals surface area contributed by atoms with Crippen LogP contribution < -0.4 is 0 Å². The summed E-state index contributed by atoms with van der Waals surface area (Å²) in [5.74, 6) is 1.18. The van der Waals surface area contributed by atoms with Crippen molar-refractivity contribution in [3.05, 3.63) is 29.6 Å². The number of piperidine rings is 1. The van der Waals surface area contributed by atoms with Crippen LogP contribution in [0.4, 0.5) is 0 Å². The van der Waals surface area contributed by atoms with Gasteiger partial charge in [0.05, 0.1) is 11.3 Å². The summed E-state index contributed by atoms with van der Waals surface area (Å²) < 4.78 is 0. The molecule has 2 atom stereocenters. The molecule has 2 aliphatic carbocycles. The molecule has 5 nitrogen and oxygen atoms in total. The van der Waals surface area contributed by atoms with Gasteiger partial charge in [-0.15, -0.1) is 0 Å². The standard InChI is InChI=1S/C27H41N3O2/c1-21(16-22-8-3-2-4-9-22)25(31)30-15-13-27(32,26(19-30)11-5-6-12-26)20-29-17-23-10-7-14-28-24(23)18-29/h7,10,14,21-22,32H,2-6,8-9,11-13,15-20H2,1H3/t21-,27?/m1/s1. The second kappa shape index (κ2) is 9.06. The monoisotopic (exact) mass is 439 g/mol. The second-order valence-electron chi connectivity index (χ2n) is 11.4. The van der Waals surface area contributed by atoms with E-state index in [1.54, 1.807) is 0 Å². The molecular formula is C27H41N3O2. The van der Waals surface area contributed by atoms with Gasteiger partial charge in [-0.3, -0.25) is 14.7 Å². The Labute approximate surface area is 193 Å². The number of amides is 1. The average Bonchev–Trinajstić information content (AvgIpc) is 3.43. The van der Waals surface area contributed by atoms with Gasteiger partial charge in [-0.1, -0.05) is 57.9 Å². The molecule has 2 saturated carbocycles. The summed E-state index contributed by atoms with van der Waals surface area (Å²) in [6, 6.07) is 4.17. The van der Waals surface area contributed by atoms with E-state index in [4.69, 9.17) is 0 Å². The number of likely N-dealkylation sites (tertiary alicyclic amines) is 1. The van der Waals surface area contributed by atoms with Crippen molar-refractivity contribution in [1.82, 2.24) is 14.8 Å². The summed E-state index contributed by atoms with van der Waals surface area (Å²) in [6.07, 6.45) is 14.7. The first kappa shape index (κ1) is 22.3. The third-order valence-corrected chi connectivity index (χ3v) is 9.22. The number of fused-ring (bicyclic) bond motifs is 1. The van der Waals surface area contributed by atoms with Crippen LogP contribution in [0.2, 0.25) is 0 Å². The fraction of sp³-hybridized carbons (Fsp3) is 0.778. The lowest BCUT2D eigenvalue weighted by atomic mass is 9.65. The summed E-state index contributed by atoms with van der Waals surface area (Å²) in [5.41, 5.74) is 1.59. The van der Waals surface area contributed by atoms with Gasteiger partial charge in [0.15, 0.2) is 0 Å². The lowest BCUT2D eigenvalue weighted by Crippen LogP contribution is -2.64. The van der Waals surface area contributed by atoms with Crippen molar-refractivity contribution in [2.24, 2.45) is 17.3 Å². The third kappa shape index (κ3) is 4.23. The smallest absolute Gasteiger partial charge is 0.225 e. The van der Waals surface area contributed by atoms with Crippen LogP contribution in [0.5, 0.6) is 0 Å². The lowest BCUT2D eigenvalue weighted by molar-refractivity contribution is -0.165. The van der Waals surface area contributed by atoms with Crippen molar-refractivity contribution < 1.29 is 9.90 Å². The number of carbonyl (C=O) groups is 1. The number of pyridine rings is 1. The molecule has 32 heavy (non-hydrogen) atoms. The fourth-order valence-corrected chi connectivity index (χ4v) is 7.37. The zero-order valence-electron chi connectivity index (χ0n) is 19.9. The molecule has 1 unspecified atom stereocenters. The molecule has 1 aromatic heterocycles. The molecule has 3 heterocycles. The second-order valence-corrected chi connectivity index (χ2v) is 11.4. The minimum Gasteiger partial charge on any atom is -0.388 e. The number of aliphatic hydroxyl groups is 1. The van der Waals surface area contributed by atoms with Gasteiger partial charge >= 0.3 is 0 Å². The minimum absolute atomic E-state index is 0.113. The van der Waals surface area contributed by atoms with E-state index in [1.807, 2.05) is 12.3 Å². The highest BCUT2D eigenvalue weighted by Gasteiger charge is 2.56. The lowest BCUT2D eigenvalue weighted by Gasteiger charge is -2.53. The Morgan fingerprint density at radius 3 is 2.69 bits per heavy atom. The van der Waals surface area contributed by atoms with Crippen LogP contribution in [0.3, 0.4) is 0 Å². The molecule has 0 aromatic carbocycles. The van der Waals surface area contributed by atoms with E-state index in [-0.39, 0.29) is 11.3 Å². The first-order chi connectivity index (χ1) is 15.5. The maximum Gasteiger partial charge on any atom is 0.225 e. The molecule has 0 bridgehead atoms. The predicted octanol–water partition coefficient (Wildman–Crippen LogP) is 4.53. The van der Waals surface area contributed by atoms with E-state index in [0.29, 0.717) is 25.4 Å². The molecule has 3 fully saturated rings. The summed E-state index contributed by atoms with van der Waals surface area (Å²) in [5, 5.41) is 12.1. The molecule has 1 aromatic rings. The maximum absolute atomic E-state index is 13.4. The van der Waals surface area contributed by atoms with Crippen molar-refractivity contribution >= 4 is 5.91 Å². The van der Waals surface area contributed by atoms with Crippen LogP contribution in [0, 0.1) is 17.3 Å². The van der Waals surface area contributed by atoms with E-state index >= 15 is 0 Å². The van der Waals surface area contributed by atoms with Crippen LogP contribution in [-0.2, 0) is 17.9 Å². The van der Waals surface area contributed by atoms with Gasteiger partial charge in [-0.2, -0.15) is 0 Å². The van der Waals surface area contributed by atoms with Gasteiger partial charge in [0.2, 0.25) is 5.91 Å². The van der Waals surface area contributed by atoms with E-state index in [9.17, 15) is 9.90 Å². The van der Waals surface area contributed by atoms with Gasteiger partial charge in [0.25, 0.3) is 0 Å². The van der Waals surface area contributed by atoms with Crippen molar-refractivity contribution in [3.8, 4) is 0 Å². The van der Waals surface area contributed by atoms with Gasteiger partial charge in [-0.05, 0) is 43.2 Å². The molecule has 5 heteroatoms. The number of β-amino-alcohol motifs (C(OH)–C–C–N with tert-alkyl or cyclic N) is 1. The number of nitrogens with zero attached hydrogens (tertiary/aromatic N) is 3. The van der Waals surface area contributed by atoms with Crippen LogP contribution in [0.25, 0.3) is 0 Å². The molecule has 5 rings (SSSR count). The molecule has 1 spiro atoms. The van der Waals surface area contributed by atoms with Crippen LogP contribution in [0.1, 0.15) is 88.8 Å². The third-order valence-electron chi connectivity index (χ3n) is 9.22. The Kier molecular flexibility index (Phi) is 6.32. The number of hydrogen-bond acceptors (Lipinski definition) is 4. The number of carbonyl (C=O) groups excluding carboxylic acids is 1. The molecule has 0 radical (unpaired) electrons. The summed E-state index contributed by atoms with van der Waals surface area (Å²) >= 11 is 0. The SMILES string of the molecule is C[C@H](CC1CCCCC1)C(=O)N1CCC(O)(CN2Cc3cccnc3C2)C2(CCCC2)C1. The topological polar surface area (TPSA) is 56.7 Å². The fourth-order valence-electron chi connectivity index (χ4n) is 7.37. The Balaban J connectivity index is 1.25. The average molecular weight is 440 g/mol. The van der Waals surface area contributed by atoms with Crippen molar-refractivity contribution in [2.75, 3.05) is 19.6 Å². The highest BCUT2D eigenvalue weighted by atomic mass is 16.3. The molecular weight excluding hydrogens is 398 g/mol. The molecule has 1 amide bonds. The van der Waals surface area contributed by atoms with Crippen molar-refractivity contribution in [1.29, 1.82) is 0 Å². The zero-order chi connectivity index (χ0) is 22.2. The van der Waals surface area contributed by atoms with E-state index < -0.39 is 5.60 Å². The Bertz CT molecular complexity index is 790. The minimum atomic E-state index is -0.713. The molecule has 4 aliphatic rings. The van der Waals surface area contributed by atoms with E-state index in [2.05, 4.69) is 27.8 Å². The number of aromatic nitrogens is 1. The normalized spacial score (nSPS) is 29.4. The largest absolute Gasteiger partial charge is 0.388 e.